The van der Waals surface area contributed by atoms with Gasteiger partial charge in [0.25, 0.3) is 0 Å². The Labute approximate surface area is 115 Å². The number of rotatable bonds is 8. The summed E-state index contributed by atoms with van der Waals surface area (Å²) < 4.78 is 5.11. The van der Waals surface area contributed by atoms with Gasteiger partial charge in [0, 0.05) is 7.11 Å². The summed E-state index contributed by atoms with van der Waals surface area (Å²) in [5.74, 6) is -0.0671. The standard InChI is InChI=1S/C15H24N2O2/c1-3-14(12-7-5-4-6-8-12)15(18)17-13(9-10-16)11-19-2/h4-8,13-14H,3,9-11,16H2,1-2H3,(H,17,18). The quantitative estimate of drug-likeness (QED) is 0.750. The molecule has 0 aliphatic carbocycles. The maximum atomic E-state index is 12.3. The minimum absolute atomic E-state index is 0.0136. The maximum absolute atomic E-state index is 12.3. The van der Waals surface area contributed by atoms with Crippen molar-refractivity contribution in [3.05, 3.63) is 35.9 Å². The summed E-state index contributed by atoms with van der Waals surface area (Å²) >= 11 is 0. The molecular weight excluding hydrogens is 240 g/mol. The van der Waals surface area contributed by atoms with Crippen molar-refractivity contribution in [3.63, 3.8) is 0 Å². The number of methoxy groups -OCH3 is 1. The van der Waals surface area contributed by atoms with E-state index in [0.29, 0.717) is 13.2 Å². The minimum Gasteiger partial charge on any atom is -0.383 e. The number of amides is 1. The largest absolute Gasteiger partial charge is 0.383 e. The summed E-state index contributed by atoms with van der Waals surface area (Å²) in [4.78, 5) is 12.3. The summed E-state index contributed by atoms with van der Waals surface area (Å²) in [7, 11) is 1.63. The first-order valence-corrected chi connectivity index (χ1v) is 6.77. The third kappa shape index (κ3) is 5.01. The molecule has 19 heavy (non-hydrogen) atoms. The summed E-state index contributed by atoms with van der Waals surface area (Å²) in [5, 5.41) is 3.02. The SMILES string of the molecule is CCC(C(=O)NC(CCN)COC)c1ccccc1. The van der Waals surface area contributed by atoms with Crippen LogP contribution < -0.4 is 11.1 Å². The van der Waals surface area contributed by atoms with E-state index in [9.17, 15) is 4.79 Å². The van der Waals surface area contributed by atoms with Gasteiger partial charge >= 0.3 is 0 Å². The third-order valence-corrected chi connectivity index (χ3v) is 3.16. The van der Waals surface area contributed by atoms with E-state index in [1.807, 2.05) is 37.3 Å². The first-order chi connectivity index (χ1) is 9.22. The minimum atomic E-state index is -0.113. The van der Waals surface area contributed by atoms with Gasteiger partial charge in [-0.1, -0.05) is 37.3 Å². The molecule has 0 saturated heterocycles. The Morgan fingerprint density at radius 3 is 2.58 bits per heavy atom. The molecule has 4 nitrogen and oxygen atoms in total. The lowest BCUT2D eigenvalue weighted by atomic mass is 9.95. The number of ether oxygens (including phenoxy) is 1. The molecule has 2 atom stereocenters. The van der Waals surface area contributed by atoms with Crippen LogP contribution in [-0.2, 0) is 9.53 Å². The first-order valence-electron chi connectivity index (χ1n) is 6.77. The Kier molecular flexibility index (Phi) is 7.15. The molecule has 3 N–H and O–H groups in total. The van der Waals surface area contributed by atoms with Crippen molar-refractivity contribution in [3.8, 4) is 0 Å². The van der Waals surface area contributed by atoms with Crippen LogP contribution in [0.1, 0.15) is 31.2 Å². The lowest BCUT2D eigenvalue weighted by Gasteiger charge is -2.21. The van der Waals surface area contributed by atoms with Crippen molar-refractivity contribution in [1.29, 1.82) is 0 Å². The molecule has 0 saturated carbocycles. The van der Waals surface area contributed by atoms with Crippen molar-refractivity contribution in [2.45, 2.75) is 31.7 Å². The normalized spacial score (nSPS) is 13.8. The monoisotopic (exact) mass is 264 g/mol. The predicted octanol–water partition coefficient (Wildman–Crippen LogP) is 1.66. The molecule has 1 amide bonds. The highest BCUT2D eigenvalue weighted by atomic mass is 16.5. The number of hydrogen-bond acceptors (Lipinski definition) is 3. The number of nitrogens with one attached hydrogen (secondary N) is 1. The van der Waals surface area contributed by atoms with Crippen molar-refractivity contribution < 1.29 is 9.53 Å². The van der Waals surface area contributed by atoms with E-state index in [0.717, 1.165) is 18.4 Å². The summed E-state index contributed by atoms with van der Waals surface area (Å²) in [6, 6.07) is 9.83. The van der Waals surface area contributed by atoms with Crippen LogP contribution in [0.15, 0.2) is 30.3 Å². The zero-order valence-corrected chi connectivity index (χ0v) is 11.8. The molecule has 1 aromatic rings. The van der Waals surface area contributed by atoms with Crippen molar-refractivity contribution in [1.82, 2.24) is 5.32 Å². The van der Waals surface area contributed by atoms with Crippen molar-refractivity contribution in [2.75, 3.05) is 20.3 Å². The Morgan fingerprint density at radius 1 is 1.37 bits per heavy atom. The molecule has 0 aliphatic rings. The van der Waals surface area contributed by atoms with Gasteiger partial charge in [0.05, 0.1) is 18.6 Å². The van der Waals surface area contributed by atoms with Crippen LogP contribution in [-0.4, -0.2) is 32.2 Å². The molecule has 4 heteroatoms. The molecule has 0 aromatic heterocycles. The number of carbonyl (C=O) groups is 1. The average molecular weight is 264 g/mol. The number of carbonyl (C=O) groups excluding carboxylic acids is 1. The van der Waals surface area contributed by atoms with E-state index < -0.39 is 0 Å². The molecular formula is C15H24N2O2. The van der Waals surface area contributed by atoms with Gasteiger partial charge in [-0.3, -0.25) is 4.79 Å². The molecule has 1 rings (SSSR count). The Balaban J connectivity index is 2.68. The van der Waals surface area contributed by atoms with E-state index in [4.69, 9.17) is 10.5 Å². The van der Waals surface area contributed by atoms with Crippen LogP contribution in [0, 0.1) is 0 Å². The van der Waals surface area contributed by atoms with Crippen LogP contribution in [0.2, 0.25) is 0 Å². The molecule has 0 bridgehead atoms. The highest BCUT2D eigenvalue weighted by molar-refractivity contribution is 5.83. The summed E-state index contributed by atoms with van der Waals surface area (Å²) in [5.41, 5.74) is 6.60. The zero-order valence-electron chi connectivity index (χ0n) is 11.8. The third-order valence-electron chi connectivity index (χ3n) is 3.16. The maximum Gasteiger partial charge on any atom is 0.227 e. The highest BCUT2D eigenvalue weighted by Gasteiger charge is 2.21. The lowest BCUT2D eigenvalue weighted by Crippen LogP contribution is -2.41. The van der Waals surface area contributed by atoms with Gasteiger partial charge in [0.2, 0.25) is 5.91 Å². The van der Waals surface area contributed by atoms with E-state index in [2.05, 4.69) is 5.32 Å². The van der Waals surface area contributed by atoms with Gasteiger partial charge in [0.1, 0.15) is 0 Å². The van der Waals surface area contributed by atoms with E-state index in [1.165, 1.54) is 0 Å². The van der Waals surface area contributed by atoms with Crippen molar-refractivity contribution in [2.24, 2.45) is 5.73 Å². The molecule has 0 fully saturated rings. The van der Waals surface area contributed by atoms with Gasteiger partial charge < -0.3 is 15.8 Å². The fraction of sp³-hybridized carbons (Fsp3) is 0.533. The fourth-order valence-corrected chi connectivity index (χ4v) is 2.16. The summed E-state index contributed by atoms with van der Waals surface area (Å²) in [6.45, 7) is 3.05. The number of hydrogen-bond donors (Lipinski definition) is 2. The van der Waals surface area contributed by atoms with Crippen LogP contribution >= 0.6 is 0 Å². The second-order valence-electron chi connectivity index (χ2n) is 4.61. The van der Waals surface area contributed by atoms with Gasteiger partial charge in [-0.05, 0) is 24.9 Å². The number of nitrogens with two attached hydrogens (primary N) is 1. The second-order valence-corrected chi connectivity index (χ2v) is 4.61. The average Bonchev–Trinajstić information content (AvgIpc) is 2.41. The second kappa shape index (κ2) is 8.67. The van der Waals surface area contributed by atoms with Crippen LogP contribution in [0.4, 0.5) is 0 Å². The van der Waals surface area contributed by atoms with Gasteiger partial charge in [0.15, 0.2) is 0 Å². The molecule has 0 heterocycles. The summed E-state index contributed by atoms with van der Waals surface area (Å²) in [6.07, 6.45) is 1.50. The molecule has 0 spiro atoms. The van der Waals surface area contributed by atoms with Crippen LogP contribution in [0.3, 0.4) is 0 Å². The van der Waals surface area contributed by atoms with E-state index >= 15 is 0 Å². The Bertz CT molecular complexity index is 362. The number of benzene rings is 1. The molecule has 1 aromatic carbocycles. The highest BCUT2D eigenvalue weighted by Crippen LogP contribution is 2.19. The molecule has 0 aliphatic heterocycles. The van der Waals surface area contributed by atoms with E-state index in [1.54, 1.807) is 7.11 Å². The zero-order chi connectivity index (χ0) is 14.1. The van der Waals surface area contributed by atoms with Crippen LogP contribution in [0.5, 0.6) is 0 Å². The lowest BCUT2D eigenvalue weighted by molar-refractivity contribution is -0.123. The van der Waals surface area contributed by atoms with Crippen molar-refractivity contribution >= 4 is 5.91 Å². The van der Waals surface area contributed by atoms with E-state index in [-0.39, 0.29) is 17.9 Å². The Hall–Kier alpha value is -1.39. The topological polar surface area (TPSA) is 64.4 Å². The molecule has 106 valence electrons. The van der Waals surface area contributed by atoms with Gasteiger partial charge in [-0.15, -0.1) is 0 Å². The predicted molar refractivity (Wildman–Crippen MR) is 77.0 cm³/mol. The van der Waals surface area contributed by atoms with Gasteiger partial charge in [-0.2, -0.15) is 0 Å². The fourth-order valence-electron chi connectivity index (χ4n) is 2.16. The molecule has 0 radical (unpaired) electrons. The smallest absolute Gasteiger partial charge is 0.227 e. The first kappa shape index (κ1) is 15.7. The van der Waals surface area contributed by atoms with Crippen LogP contribution in [0.25, 0.3) is 0 Å². The van der Waals surface area contributed by atoms with Gasteiger partial charge in [-0.25, -0.2) is 0 Å². The Morgan fingerprint density at radius 2 is 2.05 bits per heavy atom. The molecule has 2 unspecified atom stereocenters.